The van der Waals surface area contributed by atoms with E-state index in [1.807, 2.05) is 24.3 Å². The van der Waals surface area contributed by atoms with Gasteiger partial charge in [-0.2, -0.15) is 5.26 Å². The minimum absolute atomic E-state index is 0.291. The molecule has 1 unspecified atom stereocenters. The molecule has 0 N–H and O–H groups in total. The number of ether oxygens (including phenoxy) is 1. The molecule has 1 atom stereocenters. The first-order chi connectivity index (χ1) is 10.7. The van der Waals surface area contributed by atoms with Crippen LogP contribution in [-0.4, -0.2) is 13.7 Å². The highest BCUT2D eigenvalue weighted by Crippen LogP contribution is 2.38. The summed E-state index contributed by atoms with van der Waals surface area (Å²) in [5.74, 6) is 0.859. The van der Waals surface area contributed by atoms with Crippen molar-refractivity contribution in [3.8, 4) is 11.8 Å². The second-order valence-electron chi connectivity index (χ2n) is 5.40. The predicted molar refractivity (Wildman–Crippen MR) is 88.5 cm³/mol. The third kappa shape index (κ3) is 2.75. The maximum absolute atomic E-state index is 9.38. The molecule has 2 aromatic carbocycles. The molecule has 1 aliphatic heterocycles. The molecule has 1 saturated heterocycles. The van der Waals surface area contributed by atoms with Gasteiger partial charge in [0.25, 0.3) is 0 Å². The minimum atomic E-state index is 0.291. The molecule has 0 bridgehead atoms. The number of nitriles is 1. The largest absolute Gasteiger partial charge is 0.497 e. The molecule has 1 heterocycles. The first kappa shape index (κ1) is 14.7. The highest BCUT2D eigenvalue weighted by atomic mass is 35.5. The van der Waals surface area contributed by atoms with Gasteiger partial charge in [-0.1, -0.05) is 23.7 Å². The summed E-state index contributed by atoms with van der Waals surface area (Å²) >= 11 is 6.01. The van der Waals surface area contributed by atoms with Gasteiger partial charge in [0.05, 0.1) is 24.4 Å². The lowest BCUT2D eigenvalue weighted by molar-refractivity contribution is 0.414. The number of rotatable bonds is 3. The van der Waals surface area contributed by atoms with Crippen LogP contribution in [0.15, 0.2) is 42.5 Å². The van der Waals surface area contributed by atoms with Crippen LogP contribution in [0.2, 0.25) is 5.02 Å². The summed E-state index contributed by atoms with van der Waals surface area (Å²) in [4.78, 5) is 2.30. The van der Waals surface area contributed by atoms with E-state index in [4.69, 9.17) is 16.3 Å². The maximum atomic E-state index is 9.38. The Kier molecular flexibility index (Phi) is 4.22. The number of methoxy groups -OCH3 is 1. The Balaban J connectivity index is 1.94. The van der Waals surface area contributed by atoms with Crippen molar-refractivity contribution in [3.05, 3.63) is 58.6 Å². The van der Waals surface area contributed by atoms with E-state index in [0.717, 1.165) is 30.8 Å². The summed E-state index contributed by atoms with van der Waals surface area (Å²) in [7, 11) is 1.67. The Hall–Kier alpha value is -2.18. The molecule has 0 aliphatic carbocycles. The van der Waals surface area contributed by atoms with Gasteiger partial charge < -0.3 is 9.64 Å². The predicted octanol–water partition coefficient (Wildman–Crippen LogP) is 4.56. The third-order valence-electron chi connectivity index (χ3n) is 4.14. The Labute approximate surface area is 135 Å². The molecule has 1 aliphatic rings. The molecule has 3 rings (SSSR count). The lowest BCUT2D eigenvalue weighted by atomic mass is 10.0. The molecule has 22 heavy (non-hydrogen) atoms. The van der Waals surface area contributed by atoms with Gasteiger partial charge in [-0.3, -0.25) is 0 Å². The normalized spacial score (nSPS) is 17.3. The smallest absolute Gasteiger partial charge is 0.118 e. The summed E-state index contributed by atoms with van der Waals surface area (Å²) in [6.45, 7) is 0.951. The SMILES string of the molecule is COc1ccc(C2CCCN2c2ccc(Cl)cc2C#N)cc1. The molecule has 0 radical (unpaired) electrons. The van der Waals surface area contributed by atoms with E-state index in [1.54, 1.807) is 13.2 Å². The third-order valence-corrected chi connectivity index (χ3v) is 4.38. The van der Waals surface area contributed by atoms with Crippen LogP contribution < -0.4 is 9.64 Å². The van der Waals surface area contributed by atoms with Gasteiger partial charge >= 0.3 is 0 Å². The molecule has 2 aromatic rings. The Morgan fingerprint density at radius 3 is 2.68 bits per heavy atom. The number of halogens is 1. The fraction of sp³-hybridized carbons (Fsp3) is 0.278. The van der Waals surface area contributed by atoms with E-state index < -0.39 is 0 Å². The van der Waals surface area contributed by atoms with Gasteiger partial charge in [0.2, 0.25) is 0 Å². The van der Waals surface area contributed by atoms with Crippen LogP contribution in [0.3, 0.4) is 0 Å². The van der Waals surface area contributed by atoms with Crippen molar-refractivity contribution in [1.29, 1.82) is 5.26 Å². The summed E-state index contributed by atoms with van der Waals surface area (Å²) < 4.78 is 5.22. The van der Waals surface area contributed by atoms with Gasteiger partial charge in [-0.15, -0.1) is 0 Å². The quantitative estimate of drug-likeness (QED) is 0.833. The van der Waals surface area contributed by atoms with Gasteiger partial charge in [-0.25, -0.2) is 0 Å². The Morgan fingerprint density at radius 2 is 2.00 bits per heavy atom. The van der Waals surface area contributed by atoms with Gasteiger partial charge in [-0.05, 0) is 48.7 Å². The lowest BCUT2D eigenvalue weighted by Gasteiger charge is -2.28. The average molecular weight is 313 g/mol. The van der Waals surface area contributed by atoms with Crippen molar-refractivity contribution in [1.82, 2.24) is 0 Å². The summed E-state index contributed by atoms with van der Waals surface area (Å²) in [5.41, 5.74) is 2.84. The number of anilines is 1. The molecule has 0 spiro atoms. The molecule has 4 heteroatoms. The number of benzene rings is 2. The summed E-state index contributed by atoms with van der Waals surface area (Å²) in [6.07, 6.45) is 2.20. The molecule has 0 saturated carbocycles. The fourth-order valence-corrected chi connectivity index (χ4v) is 3.25. The van der Waals surface area contributed by atoms with Crippen LogP contribution in [0, 0.1) is 11.3 Å². The molecule has 0 amide bonds. The standard InChI is InChI=1S/C18H17ClN2O/c1-22-16-7-4-13(5-8-16)17-3-2-10-21(17)18-9-6-15(19)11-14(18)12-20/h4-9,11,17H,2-3,10H2,1H3. The van der Waals surface area contributed by atoms with Crippen LogP contribution in [0.4, 0.5) is 5.69 Å². The second-order valence-corrected chi connectivity index (χ2v) is 5.83. The van der Waals surface area contributed by atoms with Crippen molar-refractivity contribution in [3.63, 3.8) is 0 Å². The van der Waals surface area contributed by atoms with E-state index in [0.29, 0.717) is 16.6 Å². The van der Waals surface area contributed by atoms with Crippen LogP contribution in [0.1, 0.15) is 30.0 Å². The average Bonchev–Trinajstić information content (AvgIpc) is 3.04. The van der Waals surface area contributed by atoms with E-state index in [2.05, 4.69) is 23.1 Å². The van der Waals surface area contributed by atoms with Crippen molar-refractivity contribution >= 4 is 17.3 Å². The zero-order chi connectivity index (χ0) is 15.5. The second kappa shape index (κ2) is 6.29. The molecular weight excluding hydrogens is 296 g/mol. The molecule has 3 nitrogen and oxygen atoms in total. The van der Waals surface area contributed by atoms with E-state index in [1.165, 1.54) is 5.56 Å². The van der Waals surface area contributed by atoms with E-state index in [-0.39, 0.29) is 0 Å². The zero-order valence-corrected chi connectivity index (χ0v) is 13.2. The maximum Gasteiger partial charge on any atom is 0.118 e. The minimum Gasteiger partial charge on any atom is -0.497 e. The lowest BCUT2D eigenvalue weighted by Crippen LogP contribution is -2.23. The molecular formula is C18H17ClN2O. The van der Waals surface area contributed by atoms with E-state index >= 15 is 0 Å². The first-order valence-electron chi connectivity index (χ1n) is 7.33. The fourth-order valence-electron chi connectivity index (χ4n) is 3.08. The number of hydrogen-bond acceptors (Lipinski definition) is 3. The van der Waals surface area contributed by atoms with E-state index in [9.17, 15) is 5.26 Å². The van der Waals surface area contributed by atoms with Crippen molar-refractivity contribution in [2.75, 3.05) is 18.6 Å². The number of nitrogens with zero attached hydrogens (tertiary/aromatic N) is 2. The monoisotopic (exact) mass is 312 g/mol. The van der Waals surface area contributed by atoms with Crippen LogP contribution >= 0.6 is 11.6 Å². The van der Waals surface area contributed by atoms with Crippen LogP contribution in [0.5, 0.6) is 5.75 Å². The van der Waals surface area contributed by atoms with Gasteiger partial charge in [0.1, 0.15) is 11.8 Å². The molecule has 1 fully saturated rings. The van der Waals surface area contributed by atoms with Crippen LogP contribution in [0.25, 0.3) is 0 Å². The summed E-state index contributed by atoms with van der Waals surface area (Å²) in [6, 6.07) is 16.3. The topological polar surface area (TPSA) is 36.3 Å². The zero-order valence-electron chi connectivity index (χ0n) is 12.4. The molecule has 112 valence electrons. The van der Waals surface area contributed by atoms with Crippen molar-refractivity contribution in [2.24, 2.45) is 0 Å². The highest BCUT2D eigenvalue weighted by molar-refractivity contribution is 6.30. The van der Waals surface area contributed by atoms with Crippen molar-refractivity contribution in [2.45, 2.75) is 18.9 Å². The van der Waals surface area contributed by atoms with Crippen molar-refractivity contribution < 1.29 is 4.74 Å². The van der Waals surface area contributed by atoms with Gasteiger partial charge in [0, 0.05) is 11.6 Å². The Morgan fingerprint density at radius 1 is 1.23 bits per heavy atom. The van der Waals surface area contributed by atoms with Crippen LogP contribution in [-0.2, 0) is 0 Å². The Bertz CT molecular complexity index is 706. The van der Waals surface area contributed by atoms with Gasteiger partial charge in [0.15, 0.2) is 0 Å². The molecule has 0 aromatic heterocycles. The first-order valence-corrected chi connectivity index (χ1v) is 7.71. The summed E-state index contributed by atoms with van der Waals surface area (Å²) in [5, 5.41) is 9.97. The highest BCUT2D eigenvalue weighted by Gasteiger charge is 2.27. The number of hydrogen-bond donors (Lipinski definition) is 0.